The highest BCUT2D eigenvalue weighted by Gasteiger charge is 2.20. The summed E-state index contributed by atoms with van der Waals surface area (Å²) >= 11 is 11.6. The minimum Gasteiger partial charge on any atom is -0.321 e. The lowest BCUT2D eigenvalue weighted by molar-refractivity contribution is -0.116. The molecule has 17 heavy (non-hydrogen) atoms. The summed E-state index contributed by atoms with van der Waals surface area (Å²) in [5, 5.41) is 6.14. The van der Waals surface area contributed by atoms with E-state index in [9.17, 15) is 4.79 Å². The van der Waals surface area contributed by atoms with Crippen LogP contribution >= 0.6 is 23.2 Å². The molecule has 1 aromatic rings. The van der Waals surface area contributed by atoms with E-state index in [1.807, 2.05) is 0 Å². The highest BCUT2D eigenvalue weighted by Crippen LogP contribution is 2.25. The van der Waals surface area contributed by atoms with Crippen LogP contribution in [0.15, 0.2) is 6.33 Å². The number of nitrogens with one attached hydrogen (secondary N) is 2. The fraction of sp³-hybridized carbons (Fsp3) is 0.500. The highest BCUT2D eigenvalue weighted by molar-refractivity contribution is 6.38. The van der Waals surface area contributed by atoms with Crippen molar-refractivity contribution in [3.05, 3.63) is 16.6 Å². The Morgan fingerprint density at radius 2 is 2.00 bits per heavy atom. The number of rotatable bonds is 5. The first-order chi connectivity index (χ1) is 8.16. The van der Waals surface area contributed by atoms with Gasteiger partial charge in [0.05, 0.1) is 0 Å². The average Bonchev–Trinajstić information content (AvgIpc) is 3.08. The molecule has 0 aromatic carbocycles. The summed E-state index contributed by atoms with van der Waals surface area (Å²) in [5.41, 5.74) is 0.271. The van der Waals surface area contributed by atoms with Gasteiger partial charge < -0.3 is 10.6 Å². The molecule has 0 bridgehead atoms. The second-order valence-electron chi connectivity index (χ2n) is 3.86. The van der Waals surface area contributed by atoms with Crippen LogP contribution in [-0.2, 0) is 4.79 Å². The maximum Gasteiger partial charge on any atom is 0.225 e. The molecule has 1 saturated carbocycles. The zero-order valence-corrected chi connectivity index (χ0v) is 10.6. The van der Waals surface area contributed by atoms with Crippen molar-refractivity contribution in [3.63, 3.8) is 0 Å². The molecular weight excluding hydrogens is 263 g/mol. The molecule has 92 valence electrons. The van der Waals surface area contributed by atoms with E-state index in [0.29, 0.717) is 19.0 Å². The Balaban J connectivity index is 1.84. The second kappa shape index (κ2) is 5.62. The fourth-order valence-electron chi connectivity index (χ4n) is 1.33. The molecule has 2 N–H and O–H groups in total. The quantitative estimate of drug-likeness (QED) is 0.805. The van der Waals surface area contributed by atoms with E-state index in [1.165, 1.54) is 19.2 Å². The minimum atomic E-state index is -0.156. The van der Waals surface area contributed by atoms with Gasteiger partial charge >= 0.3 is 0 Å². The predicted molar refractivity (Wildman–Crippen MR) is 66.3 cm³/mol. The summed E-state index contributed by atoms with van der Waals surface area (Å²) in [6.07, 6.45) is 4.02. The zero-order chi connectivity index (χ0) is 12.3. The summed E-state index contributed by atoms with van der Waals surface area (Å²) in [5.74, 6) is -0.156. The average molecular weight is 275 g/mol. The fourth-order valence-corrected chi connectivity index (χ4v) is 1.74. The zero-order valence-electron chi connectivity index (χ0n) is 9.04. The molecule has 1 aliphatic carbocycles. The van der Waals surface area contributed by atoms with E-state index >= 15 is 0 Å². The molecular formula is C10H12Cl2N4O. The lowest BCUT2D eigenvalue weighted by atomic mass is 10.3. The van der Waals surface area contributed by atoms with E-state index in [1.54, 1.807) is 0 Å². The van der Waals surface area contributed by atoms with Crippen molar-refractivity contribution in [1.82, 2.24) is 15.3 Å². The van der Waals surface area contributed by atoms with Crippen molar-refractivity contribution in [3.8, 4) is 0 Å². The molecule has 1 aliphatic rings. The van der Waals surface area contributed by atoms with E-state index in [2.05, 4.69) is 20.6 Å². The van der Waals surface area contributed by atoms with Crippen LogP contribution in [0.3, 0.4) is 0 Å². The standard InChI is InChI=1S/C10H12Cl2N4O/c11-9-8(10(12)15-5-14-9)16-7(17)3-4-13-6-1-2-6/h5-6,13H,1-4H2,(H,16,17). The van der Waals surface area contributed by atoms with E-state index in [0.717, 1.165) is 0 Å². The van der Waals surface area contributed by atoms with Crippen molar-refractivity contribution >= 4 is 34.8 Å². The van der Waals surface area contributed by atoms with Gasteiger partial charge in [-0.2, -0.15) is 0 Å². The lowest BCUT2D eigenvalue weighted by Crippen LogP contribution is -2.23. The summed E-state index contributed by atoms with van der Waals surface area (Å²) < 4.78 is 0. The monoisotopic (exact) mass is 274 g/mol. The smallest absolute Gasteiger partial charge is 0.225 e. The SMILES string of the molecule is O=C(CCNC1CC1)Nc1c(Cl)ncnc1Cl. The van der Waals surface area contributed by atoms with E-state index in [4.69, 9.17) is 23.2 Å². The number of nitrogens with zero attached hydrogens (tertiary/aromatic N) is 2. The van der Waals surface area contributed by atoms with Gasteiger partial charge in [0.15, 0.2) is 10.3 Å². The summed E-state index contributed by atoms with van der Waals surface area (Å²) in [7, 11) is 0. The molecule has 1 fully saturated rings. The molecule has 7 heteroatoms. The normalized spacial score (nSPS) is 14.7. The van der Waals surface area contributed by atoms with Gasteiger partial charge in [0.2, 0.25) is 5.91 Å². The minimum absolute atomic E-state index is 0.147. The van der Waals surface area contributed by atoms with Crippen LogP contribution in [0.5, 0.6) is 0 Å². The van der Waals surface area contributed by atoms with Crippen molar-refractivity contribution in [2.24, 2.45) is 0 Å². The largest absolute Gasteiger partial charge is 0.321 e. The van der Waals surface area contributed by atoms with Crippen LogP contribution in [0.2, 0.25) is 10.3 Å². The molecule has 0 unspecified atom stereocenters. The van der Waals surface area contributed by atoms with Crippen molar-refractivity contribution in [2.75, 3.05) is 11.9 Å². The maximum atomic E-state index is 11.6. The number of aromatic nitrogens is 2. The summed E-state index contributed by atoms with van der Waals surface area (Å²) in [6, 6.07) is 0.593. The maximum absolute atomic E-state index is 11.6. The van der Waals surface area contributed by atoms with Crippen molar-refractivity contribution < 1.29 is 4.79 Å². The Morgan fingerprint density at radius 1 is 1.35 bits per heavy atom. The van der Waals surface area contributed by atoms with Crippen LogP contribution in [-0.4, -0.2) is 28.5 Å². The van der Waals surface area contributed by atoms with Gasteiger partial charge in [0.1, 0.15) is 12.0 Å². The third kappa shape index (κ3) is 3.80. The van der Waals surface area contributed by atoms with Crippen LogP contribution in [0, 0.1) is 0 Å². The first kappa shape index (κ1) is 12.5. The first-order valence-electron chi connectivity index (χ1n) is 5.36. The molecule has 5 nitrogen and oxygen atoms in total. The third-order valence-electron chi connectivity index (χ3n) is 2.38. The van der Waals surface area contributed by atoms with Crippen molar-refractivity contribution in [2.45, 2.75) is 25.3 Å². The molecule has 0 spiro atoms. The third-order valence-corrected chi connectivity index (χ3v) is 2.95. The second-order valence-corrected chi connectivity index (χ2v) is 4.57. The number of hydrogen-bond donors (Lipinski definition) is 2. The van der Waals surface area contributed by atoms with Crippen LogP contribution in [0.4, 0.5) is 5.69 Å². The van der Waals surface area contributed by atoms with Crippen LogP contribution in [0.1, 0.15) is 19.3 Å². The molecule has 1 heterocycles. The Morgan fingerprint density at radius 3 is 2.59 bits per heavy atom. The van der Waals surface area contributed by atoms with Gasteiger partial charge in [0, 0.05) is 19.0 Å². The van der Waals surface area contributed by atoms with E-state index in [-0.39, 0.29) is 21.9 Å². The summed E-state index contributed by atoms with van der Waals surface area (Å²) in [6.45, 7) is 0.652. The van der Waals surface area contributed by atoms with Gasteiger partial charge in [-0.15, -0.1) is 0 Å². The molecule has 0 radical (unpaired) electrons. The number of carbonyl (C=O) groups is 1. The molecule has 0 aliphatic heterocycles. The molecule has 0 saturated heterocycles. The van der Waals surface area contributed by atoms with Gasteiger partial charge in [-0.3, -0.25) is 4.79 Å². The Hall–Kier alpha value is -0.910. The topological polar surface area (TPSA) is 66.9 Å². The number of halogens is 2. The molecule has 2 rings (SSSR count). The van der Waals surface area contributed by atoms with Gasteiger partial charge in [-0.1, -0.05) is 23.2 Å². The van der Waals surface area contributed by atoms with Crippen molar-refractivity contribution in [1.29, 1.82) is 0 Å². The van der Waals surface area contributed by atoms with Gasteiger partial charge in [-0.25, -0.2) is 9.97 Å². The number of amides is 1. The molecule has 0 atom stereocenters. The van der Waals surface area contributed by atoms with Crippen LogP contribution in [0.25, 0.3) is 0 Å². The highest BCUT2D eigenvalue weighted by atomic mass is 35.5. The summed E-state index contributed by atoms with van der Waals surface area (Å²) in [4.78, 5) is 19.1. The number of carbonyl (C=O) groups excluding carboxylic acids is 1. The number of hydrogen-bond acceptors (Lipinski definition) is 4. The molecule has 1 aromatic heterocycles. The van der Waals surface area contributed by atoms with Gasteiger partial charge in [-0.05, 0) is 12.8 Å². The molecule has 1 amide bonds. The predicted octanol–water partition coefficient (Wildman–Crippen LogP) is 1.86. The Bertz CT molecular complexity index is 403. The van der Waals surface area contributed by atoms with Gasteiger partial charge in [0.25, 0.3) is 0 Å². The number of anilines is 1. The van der Waals surface area contributed by atoms with Crippen LogP contribution < -0.4 is 10.6 Å². The van der Waals surface area contributed by atoms with E-state index < -0.39 is 0 Å². The Labute approximate surface area is 109 Å². The first-order valence-corrected chi connectivity index (χ1v) is 6.11. The lowest BCUT2D eigenvalue weighted by Gasteiger charge is -2.07. The Kier molecular flexibility index (Phi) is 4.15.